The van der Waals surface area contributed by atoms with Crippen LogP contribution in [0, 0.1) is 6.92 Å². The van der Waals surface area contributed by atoms with E-state index in [1.807, 2.05) is 6.07 Å². The van der Waals surface area contributed by atoms with E-state index in [1.165, 1.54) is 16.7 Å². The third kappa shape index (κ3) is 1.63. The van der Waals surface area contributed by atoms with Gasteiger partial charge in [-0.2, -0.15) is 0 Å². The van der Waals surface area contributed by atoms with Crippen molar-refractivity contribution in [3.8, 4) is 0 Å². The molecule has 1 aliphatic carbocycles. The molecule has 1 aromatic heterocycles. The van der Waals surface area contributed by atoms with Crippen molar-refractivity contribution in [2.75, 3.05) is 5.73 Å². The number of fused-ring (bicyclic) bond motifs is 2. The van der Waals surface area contributed by atoms with Gasteiger partial charge < -0.3 is 10.3 Å². The second-order valence-electron chi connectivity index (χ2n) is 5.67. The van der Waals surface area contributed by atoms with Gasteiger partial charge in [-0.25, -0.2) is 4.98 Å². The van der Waals surface area contributed by atoms with Crippen LogP contribution in [0.2, 0.25) is 0 Å². The van der Waals surface area contributed by atoms with Crippen LogP contribution in [0.1, 0.15) is 22.6 Å². The molecular weight excluding hydrogens is 246 g/mol. The van der Waals surface area contributed by atoms with E-state index in [9.17, 15) is 0 Å². The minimum atomic E-state index is 0.561. The first-order valence-corrected chi connectivity index (χ1v) is 7.02. The maximum atomic E-state index is 6.10. The second kappa shape index (κ2) is 4.10. The molecule has 4 rings (SSSR count). The number of rotatable bonds is 2. The molecule has 20 heavy (non-hydrogen) atoms. The molecule has 1 aliphatic rings. The first kappa shape index (κ1) is 11.5. The smallest absolute Gasteiger partial charge is 0.201 e. The van der Waals surface area contributed by atoms with E-state index >= 15 is 0 Å². The molecule has 100 valence electrons. The number of hydrogen-bond acceptors (Lipinski definition) is 2. The lowest BCUT2D eigenvalue weighted by atomic mass is 9.77. The molecule has 3 nitrogen and oxygen atoms in total. The predicted octanol–water partition coefficient (Wildman–Crippen LogP) is 3.27. The van der Waals surface area contributed by atoms with Crippen molar-refractivity contribution in [3.05, 3.63) is 59.2 Å². The van der Waals surface area contributed by atoms with Gasteiger partial charge in [-0.15, -0.1) is 0 Å². The van der Waals surface area contributed by atoms with Crippen molar-refractivity contribution >= 4 is 17.0 Å². The minimum Gasteiger partial charge on any atom is -0.369 e. The molecule has 0 saturated heterocycles. The zero-order valence-electron chi connectivity index (χ0n) is 11.5. The maximum Gasteiger partial charge on any atom is 0.201 e. The molecule has 2 aromatic carbocycles. The maximum absolute atomic E-state index is 6.10. The summed E-state index contributed by atoms with van der Waals surface area (Å²) in [6.45, 7) is 3.02. The zero-order chi connectivity index (χ0) is 13.7. The summed E-state index contributed by atoms with van der Waals surface area (Å²) in [5.41, 5.74) is 12.4. The van der Waals surface area contributed by atoms with Crippen LogP contribution in [0.4, 0.5) is 5.95 Å². The molecule has 1 atom stereocenters. The number of aromatic nitrogens is 2. The van der Waals surface area contributed by atoms with Crippen LogP contribution in [0.15, 0.2) is 42.5 Å². The average molecular weight is 263 g/mol. The fourth-order valence-electron chi connectivity index (χ4n) is 3.19. The zero-order valence-corrected chi connectivity index (χ0v) is 11.5. The van der Waals surface area contributed by atoms with Crippen molar-refractivity contribution < 1.29 is 0 Å². The first-order valence-electron chi connectivity index (χ1n) is 7.02. The van der Waals surface area contributed by atoms with Gasteiger partial charge in [0.15, 0.2) is 0 Å². The van der Waals surface area contributed by atoms with Gasteiger partial charge >= 0.3 is 0 Å². The largest absolute Gasteiger partial charge is 0.369 e. The Labute approximate surface area is 118 Å². The van der Waals surface area contributed by atoms with Crippen LogP contribution in [0.3, 0.4) is 0 Å². The van der Waals surface area contributed by atoms with Crippen molar-refractivity contribution in [1.29, 1.82) is 0 Å². The van der Waals surface area contributed by atoms with Gasteiger partial charge in [-0.05, 0) is 42.2 Å². The summed E-state index contributed by atoms with van der Waals surface area (Å²) in [4.78, 5) is 4.46. The van der Waals surface area contributed by atoms with Crippen LogP contribution in [-0.4, -0.2) is 9.55 Å². The Morgan fingerprint density at radius 1 is 1.25 bits per heavy atom. The van der Waals surface area contributed by atoms with Gasteiger partial charge in [-0.1, -0.05) is 30.3 Å². The van der Waals surface area contributed by atoms with Crippen molar-refractivity contribution in [3.63, 3.8) is 0 Å². The quantitative estimate of drug-likeness (QED) is 0.771. The monoisotopic (exact) mass is 263 g/mol. The van der Waals surface area contributed by atoms with Crippen LogP contribution < -0.4 is 5.73 Å². The molecule has 0 radical (unpaired) electrons. The highest BCUT2D eigenvalue weighted by molar-refractivity contribution is 5.79. The molecule has 0 spiro atoms. The number of hydrogen-bond donors (Lipinski definition) is 1. The van der Waals surface area contributed by atoms with Gasteiger partial charge in [0, 0.05) is 12.5 Å². The first-order chi connectivity index (χ1) is 9.72. The van der Waals surface area contributed by atoms with E-state index in [1.54, 1.807) is 0 Å². The highest BCUT2D eigenvalue weighted by atomic mass is 15.2. The number of imidazole rings is 1. The standard InChI is InChI=1S/C17H17N3/c1-11-6-7-15-16(8-11)20(17(18)19-15)10-13-9-12-4-2-3-5-14(12)13/h2-8,13H,9-10H2,1H3,(H2,18,19). The number of nitrogens with zero attached hydrogens (tertiary/aromatic N) is 2. The van der Waals surface area contributed by atoms with E-state index in [-0.39, 0.29) is 0 Å². The van der Waals surface area contributed by atoms with Gasteiger partial charge in [0.2, 0.25) is 5.95 Å². The Bertz CT molecular complexity index is 801. The average Bonchev–Trinajstić information content (AvgIpc) is 2.72. The van der Waals surface area contributed by atoms with Crippen LogP contribution in [0.5, 0.6) is 0 Å². The fraction of sp³-hybridized carbons (Fsp3) is 0.235. The van der Waals surface area contributed by atoms with Gasteiger partial charge in [0.1, 0.15) is 0 Å². The number of aryl methyl sites for hydroxylation is 1. The van der Waals surface area contributed by atoms with E-state index in [0.717, 1.165) is 24.0 Å². The van der Waals surface area contributed by atoms with Gasteiger partial charge in [0.25, 0.3) is 0 Å². The summed E-state index contributed by atoms with van der Waals surface area (Å²) >= 11 is 0. The molecule has 2 N–H and O–H groups in total. The van der Waals surface area contributed by atoms with E-state index in [0.29, 0.717) is 11.9 Å². The summed E-state index contributed by atoms with van der Waals surface area (Å²) in [5, 5.41) is 0. The molecule has 0 amide bonds. The van der Waals surface area contributed by atoms with E-state index < -0.39 is 0 Å². The molecule has 0 bridgehead atoms. The third-order valence-corrected chi connectivity index (χ3v) is 4.30. The summed E-state index contributed by atoms with van der Waals surface area (Å²) in [6.07, 6.45) is 1.14. The number of anilines is 1. The van der Waals surface area contributed by atoms with Crippen molar-refractivity contribution in [1.82, 2.24) is 9.55 Å². The molecule has 3 aromatic rings. The van der Waals surface area contributed by atoms with E-state index in [2.05, 4.69) is 52.9 Å². The fourth-order valence-corrected chi connectivity index (χ4v) is 3.19. The second-order valence-corrected chi connectivity index (χ2v) is 5.67. The number of benzene rings is 2. The molecule has 0 aliphatic heterocycles. The third-order valence-electron chi connectivity index (χ3n) is 4.30. The lowest BCUT2D eigenvalue weighted by Crippen LogP contribution is -2.22. The highest BCUT2D eigenvalue weighted by Gasteiger charge is 2.26. The highest BCUT2D eigenvalue weighted by Crippen LogP contribution is 2.37. The van der Waals surface area contributed by atoms with Crippen molar-refractivity contribution in [2.24, 2.45) is 0 Å². The summed E-state index contributed by atoms with van der Waals surface area (Å²) in [5.74, 6) is 1.18. The number of nitrogens with two attached hydrogens (primary N) is 1. The molecule has 1 unspecified atom stereocenters. The SMILES string of the molecule is Cc1ccc2nc(N)n(CC3Cc4ccccc43)c2c1. The Balaban J connectivity index is 1.73. The molecule has 3 heteroatoms. The summed E-state index contributed by atoms with van der Waals surface area (Å²) < 4.78 is 2.16. The normalized spacial score (nSPS) is 16.9. The summed E-state index contributed by atoms with van der Waals surface area (Å²) in [7, 11) is 0. The lowest BCUT2D eigenvalue weighted by Gasteiger charge is -2.30. The summed E-state index contributed by atoms with van der Waals surface area (Å²) in [6, 6.07) is 15.0. The predicted molar refractivity (Wildman–Crippen MR) is 81.8 cm³/mol. The Kier molecular flexibility index (Phi) is 2.36. The Morgan fingerprint density at radius 2 is 2.10 bits per heavy atom. The lowest BCUT2D eigenvalue weighted by molar-refractivity contribution is 0.521. The van der Waals surface area contributed by atoms with Gasteiger partial charge in [0.05, 0.1) is 11.0 Å². The Morgan fingerprint density at radius 3 is 2.95 bits per heavy atom. The minimum absolute atomic E-state index is 0.561. The van der Waals surface area contributed by atoms with E-state index in [4.69, 9.17) is 5.73 Å². The molecule has 0 saturated carbocycles. The van der Waals surface area contributed by atoms with Crippen LogP contribution in [-0.2, 0) is 13.0 Å². The Hall–Kier alpha value is -2.29. The molecule has 0 fully saturated rings. The molecule has 1 heterocycles. The number of nitrogen functional groups attached to an aromatic ring is 1. The van der Waals surface area contributed by atoms with Crippen molar-refractivity contribution in [2.45, 2.75) is 25.8 Å². The van der Waals surface area contributed by atoms with Crippen LogP contribution in [0.25, 0.3) is 11.0 Å². The van der Waals surface area contributed by atoms with Gasteiger partial charge in [-0.3, -0.25) is 0 Å². The van der Waals surface area contributed by atoms with Crippen LogP contribution >= 0.6 is 0 Å². The topological polar surface area (TPSA) is 43.8 Å². The molecular formula is C17H17N3.